The number of nitrogens with zero attached hydrogens (tertiary/aromatic N) is 2. The van der Waals surface area contributed by atoms with Gasteiger partial charge in [0.2, 0.25) is 0 Å². The Balaban J connectivity index is 1.90. The Bertz CT molecular complexity index is 1240. The van der Waals surface area contributed by atoms with Crippen molar-refractivity contribution in [3.8, 4) is 11.8 Å². The summed E-state index contributed by atoms with van der Waals surface area (Å²) in [5, 5.41) is 8.83. The van der Waals surface area contributed by atoms with Crippen molar-refractivity contribution in [3.63, 3.8) is 0 Å². The summed E-state index contributed by atoms with van der Waals surface area (Å²) in [6.07, 6.45) is 0. The van der Waals surface area contributed by atoms with Crippen molar-refractivity contribution in [2.24, 2.45) is 0 Å². The summed E-state index contributed by atoms with van der Waals surface area (Å²) in [5.41, 5.74) is 0.493. The molecule has 0 amide bonds. The molecule has 0 saturated heterocycles. The lowest BCUT2D eigenvalue weighted by atomic mass is 10.2. The molecule has 0 saturated carbocycles. The maximum atomic E-state index is 13.1. The Morgan fingerprint density at radius 2 is 1.70 bits per heavy atom. The smallest absolute Gasteiger partial charge is 0.345 e. The topological polar surface area (TPSA) is 87.5 Å². The third kappa shape index (κ3) is 4.43. The molecular formula is C21H14ClFN2O4S. The number of halogens is 2. The summed E-state index contributed by atoms with van der Waals surface area (Å²) in [4.78, 5) is 12.3. The Morgan fingerprint density at radius 1 is 1.07 bits per heavy atom. The fraction of sp³-hybridized carbons (Fsp3) is 0.0476. The number of sulfonamides is 1. The molecule has 0 bridgehead atoms. The number of carbonyl (C=O) groups excluding carboxylic acids is 1. The number of benzene rings is 3. The lowest BCUT2D eigenvalue weighted by Gasteiger charge is -2.20. The monoisotopic (exact) mass is 444 g/mol. The molecule has 3 aromatic rings. The van der Waals surface area contributed by atoms with Gasteiger partial charge in [0.15, 0.2) is 0 Å². The Labute approximate surface area is 177 Å². The number of rotatable bonds is 5. The van der Waals surface area contributed by atoms with E-state index in [4.69, 9.17) is 21.6 Å². The predicted octanol–water partition coefficient (Wildman–Crippen LogP) is 4.40. The van der Waals surface area contributed by atoms with Gasteiger partial charge in [-0.3, -0.25) is 4.31 Å². The van der Waals surface area contributed by atoms with Gasteiger partial charge in [-0.05, 0) is 66.7 Å². The minimum absolute atomic E-state index is 0.0111. The zero-order chi connectivity index (χ0) is 21.9. The second kappa shape index (κ2) is 8.53. The normalized spacial score (nSPS) is 10.9. The van der Waals surface area contributed by atoms with Gasteiger partial charge in [-0.15, -0.1) is 0 Å². The molecule has 0 aromatic heterocycles. The third-order valence-corrected chi connectivity index (χ3v) is 6.31. The quantitative estimate of drug-likeness (QED) is 0.430. The van der Waals surface area contributed by atoms with E-state index in [2.05, 4.69) is 0 Å². The third-order valence-electron chi connectivity index (χ3n) is 4.20. The first-order valence-electron chi connectivity index (χ1n) is 8.49. The van der Waals surface area contributed by atoms with E-state index in [-0.39, 0.29) is 26.9 Å². The molecule has 0 aliphatic heterocycles. The minimum Gasteiger partial charge on any atom is -0.423 e. The van der Waals surface area contributed by atoms with Crippen molar-refractivity contribution in [3.05, 3.63) is 88.7 Å². The van der Waals surface area contributed by atoms with Gasteiger partial charge in [0.05, 0.1) is 32.8 Å². The standard InChI is InChI=1S/C21H14ClFN2O4S/c1-25(16-6-4-15(23)5-7-16)30(27,28)18-10-11-20(22)19(12-18)21(26)29-17-8-2-14(13-24)3-9-17/h2-12H,1H3. The zero-order valence-corrected chi connectivity index (χ0v) is 17.1. The van der Waals surface area contributed by atoms with Crippen LogP contribution in [-0.2, 0) is 10.0 Å². The van der Waals surface area contributed by atoms with Crippen LogP contribution in [0.4, 0.5) is 10.1 Å². The summed E-state index contributed by atoms with van der Waals surface area (Å²) in [5.74, 6) is -1.18. The minimum atomic E-state index is -4.05. The van der Waals surface area contributed by atoms with Gasteiger partial charge < -0.3 is 4.74 Å². The number of hydrogen-bond acceptors (Lipinski definition) is 5. The van der Waals surface area contributed by atoms with Crippen molar-refractivity contribution in [1.29, 1.82) is 5.26 Å². The fourth-order valence-corrected chi connectivity index (χ4v) is 3.95. The lowest BCUT2D eigenvalue weighted by molar-refractivity contribution is 0.0734. The number of nitriles is 1. The summed E-state index contributed by atoms with van der Waals surface area (Å²) in [6, 6.07) is 16.4. The van der Waals surface area contributed by atoms with E-state index in [1.807, 2.05) is 6.07 Å². The van der Waals surface area contributed by atoms with Crippen molar-refractivity contribution in [2.45, 2.75) is 4.90 Å². The first-order valence-corrected chi connectivity index (χ1v) is 10.3. The van der Waals surface area contributed by atoms with Crippen LogP contribution < -0.4 is 9.04 Å². The molecule has 0 heterocycles. The molecule has 3 rings (SSSR count). The van der Waals surface area contributed by atoms with Crippen LogP contribution in [0.2, 0.25) is 5.02 Å². The van der Waals surface area contributed by atoms with Crippen molar-refractivity contribution in [1.82, 2.24) is 0 Å². The fourth-order valence-electron chi connectivity index (χ4n) is 2.53. The molecule has 0 atom stereocenters. The first kappa shape index (κ1) is 21.3. The maximum Gasteiger partial charge on any atom is 0.345 e. The Hall–Kier alpha value is -3.41. The van der Waals surface area contributed by atoms with E-state index < -0.39 is 21.8 Å². The Morgan fingerprint density at radius 3 is 2.30 bits per heavy atom. The van der Waals surface area contributed by atoms with E-state index in [1.54, 1.807) is 0 Å². The second-order valence-electron chi connectivity index (χ2n) is 6.12. The second-order valence-corrected chi connectivity index (χ2v) is 8.49. The molecule has 9 heteroatoms. The van der Waals surface area contributed by atoms with E-state index >= 15 is 0 Å². The number of hydrogen-bond donors (Lipinski definition) is 0. The summed E-state index contributed by atoms with van der Waals surface area (Å²) >= 11 is 6.08. The van der Waals surface area contributed by atoms with Crippen molar-refractivity contribution in [2.75, 3.05) is 11.4 Å². The molecule has 0 fully saturated rings. The molecule has 0 unspecified atom stereocenters. The van der Waals surface area contributed by atoms with Crippen LogP contribution in [0.25, 0.3) is 0 Å². The number of esters is 1. The van der Waals surface area contributed by atoms with Gasteiger partial charge >= 0.3 is 5.97 Å². The van der Waals surface area contributed by atoms with Crippen LogP contribution in [0.15, 0.2) is 71.6 Å². The molecule has 0 N–H and O–H groups in total. The largest absolute Gasteiger partial charge is 0.423 e. The van der Waals surface area contributed by atoms with Gasteiger partial charge in [0.25, 0.3) is 10.0 Å². The first-order chi connectivity index (χ1) is 14.2. The average molecular weight is 445 g/mol. The Kier molecular flexibility index (Phi) is 6.06. The van der Waals surface area contributed by atoms with Gasteiger partial charge in [-0.1, -0.05) is 11.6 Å². The highest BCUT2D eigenvalue weighted by molar-refractivity contribution is 7.92. The highest BCUT2D eigenvalue weighted by Crippen LogP contribution is 2.27. The molecule has 6 nitrogen and oxygen atoms in total. The molecule has 0 aliphatic rings. The van der Waals surface area contributed by atoms with Crippen LogP contribution in [0.3, 0.4) is 0 Å². The van der Waals surface area contributed by atoms with E-state index in [1.165, 1.54) is 55.6 Å². The average Bonchev–Trinajstić information content (AvgIpc) is 2.74. The summed E-state index contributed by atoms with van der Waals surface area (Å²) in [6.45, 7) is 0. The van der Waals surface area contributed by atoms with Crippen LogP contribution in [0.1, 0.15) is 15.9 Å². The number of ether oxygens (including phenoxy) is 1. The van der Waals surface area contributed by atoms with Gasteiger partial charge in [0, 0.05) is 7.05 Å². The lowest BCUT2D eigenvalue weighted by Crippen LogP contribution is -2.27. The molecule has 0 aliphatic carbocycles. The van der Waals surface area contributed by atoms with Gasteiger partial charge in [-0.25, -0.2) is 17.6 Å². The van der Waals surface area contributed by atoms with Crippen LogP contribution >= 0.6 is 11.6 Å². The molecule has 0 radical (unpaired) electrons. The van der Waals surface area contributed by atoms with E-state index in [9.17, 15) is 17.6 Å². The number of anilines is 1. The van der Waals surface area contributed by atoms with Gasteiger partial charge in [0.1, 0.15) is 11.6 Å². The summed E-state index contributed by atoms with van der Waals surface area (Å²) in [7, 11) is -2.74. The molecule has 30 heavy (non-hydrogen) atoms. The molecule has 3 aromatic carbocycles. The van der Waals surface area contributed by atoms with E-state index in [0.29, 0.717) is 5.56 Å². The van der Waals surface area contributed by atoms with E-state index in [0.717, 1.165) is 22.5 Å². The molecular weight excluding hydrogens is 431 g/mol. The van der Waals surface area contributed by atoms with Crippen molar-refractivity contribution < 1.29 is 22.3 Å². The maximum absolute atomic E-state index is 13.1. The highest BCUT2D eigenvalue weighted by Gasteiger charge is 2.24. The highest BCUT2D eigenvalue weighted by atomic mass is 35.5. The van der Waals surface area contributed by atoms with Crippen LogP contribution in [0, 0.1) is 17.1 Å². The van der Waals surface area contributed by atoms with Crippen LogP contribution in [-0.4, -0.2) is 21.4 Å². The molecule has 0 spiro atoms. The molecule has 152 valence electrons. The van der Waals surface area contributed by atoms with Crippen LogP contribution in [0.5, 0.6) is 5.75 Å². The number of carbonyl (C=O) groups is 1. The zero-order valence-electron chi connectivity index (χ0n) is 15.5. The van der Waals surface area contributed by atoms with Crippen molar-refractivity contribution >= 4 is 33.3 Å². The predicted molar refractivity (Wildman–Crippen MR) is 110 cm³/mol. The summed E-state index contributed by atoms with van der Waals surface area (Å²) < 4.78 is 45.2. The SMILES string of the molecule is CN(c1ccc(F)cc1)S(=O)(=O)c1ccc(Cl)c(C(=O)Oc2ccc(C#N)cc2)c1. The van der Waals surface area contributed by atoms with Gasteiger partial charge in [-0.2, -0.15) is 5.26 Å².